The molecule has 2 aromatic carbocycles. The molecular formula is C23H23NO5. The van der Waals surface area contributed by atoms with Crippen molar-refractivity contribution in [2.45, 2.75) is 25.9 Å². The number of esters is 2. The van der Waals surface area contributed by atoms with Gasteiger partial charge in [-0.05, 0) is 29.7 Å². The van der Waals surface area contributed by atoms with Crippen LogP contribution in [0.3, 0.4) is 0 Å². The van der Waals surface area contributed by atoms with Crippen LogP contribution >= 0.6 is 0 Å². The lowest BCUT2D eigenvalue weighted by molar-refractivity contribution is -0.158. The van der Waals surface area contributed by atoms with Crippen LogP contribution < -0.4 is 0 Å². The minimum absolute atomic E-state index is 0.269. The van der Waals surface area contributed by atoms with Crippen LogP contribution in [0.4, 0.5) is 0 Å². The topological polar surface area (TPSA) is 72.9 Å². The standard InChI is InChI=1S/C23H23NO5/c1-16-6-5-7-17(12-16)10-11-22(26)29-15-21(25)24-14-19-9-4-3-8-18(19)13-20(24)23(27)28-2/h3-12,20H,13-15H2,1-2H3/b11-10+/t20-/m1/s1. The number of carbonyl (C=O) groups is 3. The van der Waals surface area contributed by atoms with E-state index < -0.39 is 30.5 Å². The molecule has 1 heterocycles. The first-order chi connectivity index (χ1) is 14.0. The van der Waals surface area contributed by atoms with Gasteiger partial charge in [0.1, 0.15) is 6.04 Å². The van der Waals surface area contributed by atoms with Crippen LogP contribution in [-0.2, 0) is 36.8 Å². The lowest BCUT2D eigenvalue weighted by Gasteiger charge is -2.35. The fourth-order valence-corrected chi connectivity index (χ4v) is 3.33. The number of aryl methyl sites for hydroxylation is 1. The molecule has 1 amide bonds. The third-order valence-electron chi connectivity index (χ3n) is 4.83. The number of amides is 1. The SMILES string of the molecule is COC(=O)[C@H]1Cc2ccccc2CN1C(=O)COC(=O)/C=C/c1cccc(C)c1. The molecule has 29 heavy (non-hydrogen) atoms. The van der Waals surface area contributed by atoms with E-state index in [4.69, 9.17) is 9.47 Å². The molecule has 0 bridgehead atoms. The number of methoxy groups -OCH3 is 1. The highest BCUT2D eigenvalue weighted by molar-refractivity contribution is 5.90. The van der Waals surface area contributed by atoms with Crippen LogP contribution in [-0.4, -0.2) is 42.5 Å². The summed E-state index contributed by atoms with van der Waals surface area (Å²) in [5.41, 5.74) is 3.92. The van der Waals surface area contributed by atoms with Gasteiger partial charge in [-0.15, -0.1) is 0 Å². The Hall–Kier alpha value is -3.41. The Morgan fingerprint density at radius 3 is 2.59 bits per heavy atom. The lowest BCUT2D eigenvalue weighted by atomic mass is 9.94. The predicted octanol–water partition coefficient (Wildman–Crippen LogP) is 2.68. The number of hydrogen-bond donors (Lipinski definition) is 0. The van der Waals surface area contributed by atoms with Crippen molar-refractivity contribution in [2.24, 2.45) is 0 Å². The van der Waals surface area contributed by atoms with Crippen molar-refractivity contribution in [3.05, 3.63) is 76.9 Å². The predicted molar refractivity (Wildman–Crippen MR) is 108 cm³/mol. The number of benzene rings is 2. The van der Waals surface area contributed by atoms with Crippen LogP contribution in [0.15, 0.2) is 54.6 Å². The zero-order chi connectivity index (χ0) is 20.8. The van der Waals surface area contributed by atoms with Gasteiger partial charge in [0.05, 0.1) is 7.11 Å². The largest absolute Gasteiger partial charge is 0.467 e. The first-order valence-corrected chi connectivity index (χ1v) is 9.33. The molecule has 0 aliphatic carbocycles. The second-order valence-corrected chi connectivity index (χ2v) is 6.89. The van der Waals surface area contributed by atoms with Gasteiger partial charge in [0.15, 0.2) is 6.61 Å². The lowest BCUT2D eigenvalue weighted by Crippen LogP contribution is -2.50. The van der Waals surface area contributed by atoms with Gasteiger partial charge in [-0.2, -0.15) is 0 Å². The number of fused-ring (bicyclic) bond motifs is 1. The van der Waals surface area contributed by atoms with E-state index in [1.807, 2.05) is 55.5 Å². The van der Waals surface area contributed by atoms with E-state index in [2.05, 4.69) is 0 Å². The van der Waals surface area contributed by atoms with E-state index in [1.54, 1.807) is 6.08 Å². The van der Waals surface area contributed by atoms with Gasteiger partial charge in [-0.1, -0.05) is 54.1 Å². The maximum absolute atomic E-state index is 12.7. The molecule has 0 saturated heterocycles. The van der Waals surface area contributed by atoms with Crippen molar-refractivity contribution in [2.75, 3.05) is 13.7 Å². The highest BCUT2D eigenvalue weighted by atomic mass is 16.5. The normalized spacial score (nSPS) is 15.7. The molecule has 6 nitrogen and oxygen atoms in total. The molecule has 0 fully saturated rings. The van der Waals surface area contributed by atoms with E-state index in [-0.39, 0.29) is 6.54 Å². The third-order valence-corrected chi connectivity index (χ3v) is 4.83. The Kier molecular flexibility index (Phi) is 6.44. The van der Waals surface area contributed by atoms with Crippen molar-refractivity contribution < 1.29 is 23.9 Å². The molecular weight excluding hydrogens is 370 g/mol. The van der Waals surface area contributed by atoms with E-state index in [0.29, 0.717) is 6.42 Å². The minimum atomic E-state index is -0.732. The Bertz CT molecular complexity index is 950. The van der Waals surface area contributed by atoms with Gasteiger partial charge in [0.2, 0.25) is 0 Å². The monoisotopic (exact) mass is 393 g/mol. The fourth-order valence-electron chi connectivity index (χ4n) is 3.33. The van der Waals surface area contributed by atoms with Gasteiger partial charge >= 0.3 is 11.9 Å². The first-order valence-electron chi connectivity index (χ1n) is 9.33. The smallest absolute Gasteiger partial charge is 0.331 e. The molecule has 2 aromatic rings. The quantitative estimate of drug-likeness (QED) is 0.577. The Balaban J connectivity index is 1.63. The van der Waals surface area contributed by atoms with Crippen molar-refractivity contribution in [3.8, 4) is 0 Å². The molecule has 3 rings (SSSR count). The van der Waals surface area contributed by atoms with Crippen LogP contribution in [0.25, 0.3) is 6.08 Å². The maximum atomic E-state index is 12.7. The van der Waals surface area contributed by atoms with Crippen LogP contribution in [0.2, 0.25) is 0 Å². The van der Waals surface area contributed by atoms with Crippen molar-refractivity contribution >= 4 is 23.9 Å². The zero-order valence-corrected chi connectivity index (χ0v) is 16.5. The maximum Gasteiger partial charge on any atom is 0.331 e. The van der Waals surface area contributed by atoms with Gasteiger partial charge in [0, 0.05) is 19.0 Å². The number of nitrogens with zero attached hydrogens (tertiary/aromatic N) is 1. The molecule has 0 saturated carbocycles. The van der Waals surface area contributed by atoms with Crippen molar-refractivity contribution in [3.63, 3.8) is 0 Å². The summed E-state index contributed by atoms with van der Waals surface area (Å²) in [5.74, 6) is -1.54. The molecule has 1 aliphatic heterocycles. The summed E-state index contributed by atoms with van der Waals surface area (Å²) in [6, 6.07) is 14.6. The summed E-state index contributed by atoms with van der Waals surface area (Å²) < 4.78 is 9.95. The fraction of sp³-hybridized carbons (Fsp3) is 0.261. The third kappa shape index (κ3) is 5.10. The second kappa shape index (κ2) is 9.19. The van der Waals surface area contributed by atoms with Gasteiger partial charge < -0.3 is 14.4 Å². The molecule has 1 aliphatic rings. The van der Waals surface area contributed by atoms with E-state index >= 15 is 0 Å². The Labute approximate surface area is 169 Å². The first kappa shape index (κ1) is 20.3. The highest BCUT2D eigenvalue weighted by Gasteiger charge is 2.35. The van der Waals surface area contributed by atoms with Gasteiger partial charge in [-0.25, -0.2) is 9.59 Å². The molecule has 0 aromatic heterocycles. The highest BCUT2D eigenvalue weighted by Crippen LogP contribution is 2.24. The van der Waals surface area contributed by atoms with Crippen LogP contribution in [0.1, 0.15) is 22.3 Å². The summed E-state index contributed by atoms with van der Waals surface area (Å²) in [7, 11) is 1.29. The van der Waals surface area contributed by atoms with Crippen molar-refractivity contribution in [1.82, 2.24) is 4.90 Å². The van der Waals surface area contributed by atoms with Gasteiger partial charge in [-0.3, -0.25) is 4.79 Å². The van der Waals surface area contributed by atoms with Crippen LogP contribution in [0, 0.1) is 6.92 Å². The Morgan fingerprint density at radius 1 is 1.10 bits per heavy atom. The second-order valence-electron chi connectivity index (χ2n) is 6.89. The average molecular weight is 393 g/mol. The summed E-state index contributed by atoms with van der Waals surface area (Å²) in [5, 5.41) is 0. The zero-order valence-electron chi connectivity index (χ0n) is 16.5. The van der Waals surface area contributed by atoms with E-state index in [0.717, 1.165) is 22.3 Å². The number of ether oxygens (including phenoxy) is 2. The molecule has 0 spiro atoms. The average Bonchev–Trinajstić information content (AvgIpc) is 2.74. The molecule has 1 atom stereocenters. The van der Waals surface area contributed by atoms with Gasteiger partial charge in [0.25, 0.3) is 5.91 Å². The van der Waals surface area contributed by atoms with E-state index in [9.17, 15) is 14.4 Å². The van der Waals surface area contributed by atoms with Crippen molar-refractivity contribution in [1.29, 1.82) is 0 Å². The minimum Gasteiger partial charge on any atom is -0.467 e. The van der Waals surface area contributed by atoms with E-state index in [1.165, 1.54) is 18.1 Å². The summed E-state index contributed by atoms with van der Waals surface area (Å²) >= 11 is 0. The summed E-state index contributed by atoms with van der Waals surface area (Å²) in [4.78, 5) is 38.3. The molecule has 0 radical (unpaired) electrons. The number of carbonyl (C=O) groups excluding carboxylic acids is 3. The molecule has 0 N–H and O–H groups in total. The molecule has 0 unspecified atom stereocenters. The Morgan fingerprint density at radius 2 is 1.86 bits per heavy atom. The molecule has 6 heteroatoms. The number of hydrogen-bond acceptors (Lipinski definition) is 5. The number of rotatable bonds is 5. The summed E-state index contributed by atoms with van der Waals surface area (Å²) in [6.45, 7) is 1.79. The van der Waals surface area contributed by atoms with Crippen LogP contribution in [0.5, 0.6) is 0 Å². The summed E-state index contributed by atoms with van der Waals surface area (Å²) in [6.07, 6.45) is 3.29. The molecule has 150 valence electrons.